The fourth-order valence-electron chi connectivity index (χ4n) is 20.3. The molecule has 0 atom stereocenters. The van der Waals surface area contributed by atoms with E-state index in [1.54, 1.807) is 0 Å². The van der Waals surface area contributed by atoms with Crippen LogP contribution in [-0.4, -0.2) is 57.5 Å². The predicted octanol–water partition coefficient (Wildman–Crippen LogP) is 27.3. The highest BCUT2D eigenvalue weighted by molar-refractivity contribution is 6.40. The fourth-order valence-corrected chi connectivity index (χ4v) is 20.3. The minimum atomic E-state index is 0.810. The van der Waals surface area contributed by atoms with E-state index in [1.807, 2.05) is 227 Å². The van der Waals surface area contributed by atoms with E-state index in [9.17, 15) is 0 Å². The first-order chi connectivity index (χ1) is 61.6. The van der Waals surface area contributed by atoms with Crippen LogP contribution in [0.1, 0.15) is 0 Å². The molecule has 20 nitrogen and oxygen atoms in total. The molecule has 0 saturated heterocycles. The molecule has 20 aromatic heterocycles. The molecule has 0 unspecified atom stereocenters. The van der Waals surface area contributed by atoms with Crippen molar-refractivity contribution in [3.63, 3.8) is 0 Å². The van der Waals surface area contributed by atoms with Crippen LogP contribution in [0, 0.1) is 0 Å². The van der Waals surface area contributed by atoms with Gasteiger partial charge in [0, 0.05) is 218 Å². The summed E-state index contributed by atoms with van der Waals surface area (Å²) in [6.07, 6.45) is 30.0. The molecule has 124 heavy (non-hydrogen) atoms. The van der Waals surface area contributed by atoms with Crippen molar-refractivity contribution in [2.75, 3.05) is 0 Å². The fraction of sp³-hybridized carbons (Fsp3) is 0. The van der Waals surface area contributed by atoms with E-state index in [0.717, 1.165) is 285 Å². The Morgan fingerprint density at radius 3 is 0.976 bits per heavy atom. The molecule has 0 saturated carbocycles. The molecule has 32 rings (SSSR count). The first-order valence-corrected chi connectivity index (χ1v) is 40.7. The van der Waals surface area contributed by atoms with Crippen molar-refractivity contribution in [1.82, 2.24) is 57.5 Å². The van der Waals surface area contributed by atoms with Crippen LogP contribution in [0.15, 0.2) is 353 Å². The number of hydrogen-bond donors (Lipinski definition) is 0. The van der Waals surface area contributed by atoms with Gasteiger partial charge < -0.3 is 35.3 Å². The van der Waals surface area contributed by atoms with Crippen LogP contribution in [0.2, 0.25) is 0 Å². The Kier molecular flexibility index (Phi) is 12.7. The zero-order valence-corrected chi connectivity index (χ0v) is 64.7. The average Bonchev–Trinajstić information content (AvgIpc) is 1.52. The molecule has 0 aliphatic rings. The molecule has 0 spiro atoms. The van der Waals surface area contributed by atoms with Crippen molar-refractivity contribution in [3.8, 4) is 0 Å². The molecule has 0 aliphatic carbocycles. The summed E-state index contributed by atoms with van der Waals surface area (Å²) in [6.45, 7) is 0. The number of fused-ring (bicyclic) bond motifs is 58. The smallest absolute Gasteiger partial charge is 0.163 e. The number of imidazole rings is 4. The lowest BCUT2D eigenvalue weighted by molar-refractivity contribution is 0.663. The topological polar surface area (TPSA) is 226 Å². The molecular formula is C104H52N12O8. The van der Waals surface area contributed by atoms with Crippen LogP contribution in [0.4, 0.5) is 0 Å². The van der Waals surface area contributed by atoms with E-state index in [2.05, 4.69) is 148 Å². The second-order valence-electron chi connectivity index (χ2n) is 31.5. The summed E-state index contributed by atoms with van der Waals surface area (Å²) in [5.74, 6) is 0. The standard InChI is InChI=1S/4C26H13N3O2/c1-3-7-18-15(5-1)20-21-16-6-2-4-8-19(16)31-25(21)23-22(24(20)30-18)14-9-10-27-13-17(14)26-28-11-12-29(23)26;1-3-7-18-15(5-1)21-20-14-9-10-27-13-17(14)26-28-11-12-29(26)23(20)25-22(24(21)30-18)16-6-2-4-8-19(16)31-25;1-2-4-19-16(3-1)22-20(30-19)7-8-21-23(22)17-6-5-15-14-9-10-27-13-18(14)26-28-11-12-29(26)24(15)25(17)31-21;1-2-4-20-15(3-1)17-7-8-21-22(24(17)30-20)18-6-5-16-14-9-10-27-13-19(14)26-28-11-12-29(26)23(16)25(18)31-21/h4*1-13H. The molecule has 576 valence electrons. The first kappa shape index (κ1) is 65.5. The van der Waals surface area contributed by atoms with Crippen LogP contribution in [0.3, 0.4) is 0 Å². The van der Waals surface area contributed by atoms with E-state index < -0.39 is 0 Å². The Morgan fingerprint density at radius 1 is 0.161 bits per heavy atom. The van der Waals surface area contributed by atoms with Crippen LogP contribution in [0.25, 0.3) is 285 Å². The second kappa shape index (κ2) is 24.1. The second-order valence-corrected chi connectivity index (χ2v) is 31.5. The van der Waals surface area contributed by atoms with Crippen molar-refractivity contribution < 1.29 is 35.3 Å². The van der Waals surface area contributed by atoms with Gasteiger partial charge in [0.05, 0.1) is 32.7 Å². The SMILES string of the molecule is c1ccc2c(c1)oc1c2c2c3ccccc3oc2c2c1c1ccncc1c1nccn12.c1ccc2c(c1)oc1c2c2oc3ccccc3c2c2c3ccncc3c3nccn3c12.c1ccc2c(c1)oc1c2ccc2oc3c(ccc4c5ccncc5c5nccn5c43)c21.c1ccc2c(c1)oc1ccc3oc4c(ccc5c6ccncc6c6nccn6c54)c3c12. The lowest BCUT2D eigenvalue weighted by Gasteiger charge is -2.10. The third-order valence-corrected chi connectivity index (χ3v) is 25.4. The maximum atomic E-state index is 6.53. The summed E-state index contributed by atoms with van der Waals surface area (Å²) < 4.78 is 59.8. The number of rotatable bonds is 0. The zero-order valence-electron chi connectivity index (χ0n) is 64.7. The molecule has 0 radical (unpaired) electrons. The van der Waals surface area contributed by atoms with Gasteiger partial charge in [0.2, 0.25) is 0 Å². The molecule has 0 aliphatic heterocycles. The number of aromatic nitrogens is 12. The number of nitrogens with zero attached hydrogens (tertiary/aromatic N) is 12. The van der Waals surface area contributed by atoms with Gasteiger partial charge in [0.15, 0.2) is 22.3 Å². The minimum Gasteiger partial charge on any atom is -0.456 e. The van der Waals surface area contributed by atoms with Crippen molar-refractivity contribution >= 4 is 285 Å². The Hall–Kier alpha value is -17.5. The number of hydrogen-bond acceptors (Lipinski definition) is 16. The third kappa shape index (κ3) is 8.61. The average molecular weight is 1600 g/mol. The largest absolute Gasteiger partial charge is 0.456 e. The molecule has 20 heterocycles. The summed E-state index contributed by atoms with van der Waals surface area (Å²) in [6, 6.07) is 74.0. The van der Waals surface area contributed by atoms with Crippen molar-refractivity contribution in [2.45, 2.75) is 0 Å². The van der Waals surface area contributed by atoms with Gasteiger partial charge in [-0.25, -0.2) is 19.9 Å². The summed E-state index contributed by atoms with van der Waals surface area (Å²) in [4.78, 5) is 35.8. The number of pyridine rings is 8. The van der Waals surface area contributed by atoms with Crippen LogP contribution >= 0.6 is 0 Å². The van der Waals surface area contributed by atoms with Gasteiger partial charge in [-0.2, -0.15) is 0 Å². The molecule has 20 heteroatoms. The highest BCUT2D eigenvalue weighted by Gasteiger charge is 2.30. The first-order valence-electron chi connectivity index (χ1n) is 40.7. The summed E-state index contributed by atoms with van der Waals surface area (Å²) in [5, 5.41) is 29.9. The molecule has 0 N–H and O–H groups in total. The summed E-state index contributed by atoms with van der Waals surface area (Å²) >= 11 is 0. The molecule has 0 bridgehead atoms. The number of benzene rings is 12. The van der Waals surface area contributed by atoms with E-state index in [4.69, 9.17) is 35.3 Å². The predicted molar refractivity (Wildman–Crippen MR) is 490 cm³/mol. The van der Waals surface area contributed by atoms with E-state index in [1.165, 1.54) is 0 Å². The van der Waals surface area contributed by atoms with Gasteiger partial charge in [-0.3, -0.25) is 37.5 Å². The van der Waals surface area contributed by atoms with Gasteiger partial charge in [-0.1, -0.05) is 121 Å². The normalized spacial score (nSPS) is 12.5. The van der Waals surface area contributed by atoms with Gasteiger partial charge in [0.1, 0.15) is 95.1 Å². The Bertz CT molecular complexity index is 10400. The van der Waals surface area contributed by atoms with Gasteiger partial charge >= 0.3 is 0 Å². The van der Waals surface area contributed by atoms with Crippen LogP contribution < -0.4 is 0 Å². The molecule has 0 fully saturated rings. The third-order valence-electron chi connectivity index (χ3n) is 25.4. The van der Waals surface area contributed by atoms with Crippen molar-refractivity contribution in [3.05, 3.63) is 318 Å². The monoisotopic (exact) mass is 1600 g/mol. The highest BCUT2D eigenvalue weighted by Crippen LogP contribution is 2.52. The van der Waals surface area contributed by atoms with Crippen molar-refractivity contribution in [2.24, 2.45) is 0 Å². The lowest BCUT2D eigenvalue weighted by Crippen LogP contribution is -1.92. The van der Waals surface area contributed by atoms with Gasteiger partial charge in [-0.05, 0) is 113 Å². The van der Waals surface area contributed by atoms with Crippen LogP contribution in [0.5, 0.6) is 0 Å². The maximum absolute atomic E-state index is 6.53. The summed E-state index contributed by atoms with van der Waals surface area (Å²) in [5.41, 5.74) is 21.1. The Morgan fingerprint density at radius 2 is 0.468 bits per heavy atom. The van der Waals surface area contributed by atoms with Gasteiger partial charge in [-0.15, -0.1) is 0 Å². The minimum absolute atomic E-state index is 0.810. The quantitative estimate of drug-likeness (QED) is 0.129. The Labute approximate surface area is 691 Å². The Balaban J connectivity index is 0.0000000828. The highest BCUT2D eigenvalue weighted by atomic mass is 16.4. The lowest BCUT2D eigenvalue weighted by atomic mass is 9.99. The van der Waals surface area contributed by atoms with E-state index in [0.29, 0.717) is 0 Å². The maximum Gasteiger partial charge on any atom is 0.163 e. The number of furan rings is 8. The molecule has 0 amide bonds. The van der Waals surface area contributed by atoms with E-state index >= 15 is 0 Å². The summed E-state index contributed by atoms with van der Waals surface area (Å²) in [7, 11) is 0. The van der Waals surface area contributed by atoms with Crippen molar-refractivity contribution in [1.29, 1.82) is 0 Å². The van der Waals surface area contributed by atoms with E-state index in [-0.39, 0.29) is 0 Å². The molecule has 32 aromatic rings. The number of para-hydroxylation sites is 6. The molecular weight excluding hydrogens is 1550 g/mol. The molecule has 12 aromatic carbocycles. The van der Waals surface area contributed by atoms with Gasteiger partial charge in [0.25, 0.3) is 0 Å². The zero-order chi connectivity index (χ0) is 80.4. The van der Waals surface area contributed by atoms with Crippen LogP contribution in [-0.2, 0) is 0 Å².